The summed E-state index contributed by atoms with van der Waals surface area (Å²) in [6, 6.07) is 21.1. The fraction of sp³-hybridized carbons (Fsp3) is 0.231. The summed E-state index contributed by atoms with van der Waals surface area (Å²) < 4.78 is 11.6. The highest BCUT2D eigenvalue weighted by Crippen LogP contribution is 2.40. The number of methoxy groups -OCH3 is 1. The fourth-order valence-corrected chi connectivity index (χ4v) is 4.42. The second kappa shape index (κ2) is 8.04. The summed E-state index contributed by atoms with van der Waals surface area (Å²) in [7, 11) is 1.58. The van der Waals surface area contributed by atoms with Gasteiger partial charge in [-0.3, -0.25) is 9.59 Å². The minimum atomic E-state index is -0.725. The number of rotatable bonds is 5. The van der Waals surface area contributed by atoms with Crippen molar-refractivity contribution in [2.75, 3.05) is 18.6 Å². The highest BCUT2D eigenvalue weighted by atomic mass is 16.5. The van der Waals surface area contributed by atoms with Crippen molar-refractivity contribution in [2.24, 2.45) is 5.92 Å². The average Bonchev–Trinajstić information content (AvgIpc) is 3.38. The maximum absolute atomic E-state index is 13.2. The molecule has 5 rings (SSSR count). The van der Waals surface area contributed by atoms with Gasteiger partial charge in [0.1, 0.15) is 22.8 Å². The number of para-hydroxylation sites is 1. The molecule has 0 radical (unpaired) electrons. The average molecular weight is 428 g/mol. The molecule has 3 aromatic carbocycles. The van der Waals surface area contributed by atoms with Crippen molar-refractivity contribution in [3.63, 3.8) is 0 Å². The minimum absolute atomic E-state index is 0.174. The van der Waals surface area contributed by atoms with Crippen LogP contribution in [0.2, 0.25) is 0 Å². The first-order chi connectivity index (χ1) is 15.6. The zero-order valence-electron chi connectivity index (χ0n) is 18.0. The summed E-state index contributed by atoms with van der Waals surface area (Å²) >= 11 is 0. The third-order valence-corrected chi connectivity index (χ3v) is 6.15. The molecule has 162 valence electrons. The SMILES string of the molecule is COc1cc2c(cc1N1CC[C@H](C(=O)N[C@@H](C)c3ccccc3)C1=O)oc1ccccc12. The summed E-state index contributed by atoms with van der Waals surface area (Å²) in [5.74, 6) is -0.623. The van der Waals surface area contributed by atoms with E-state index < -0.39 is 5.92 Å². The Morgan fingerprint density at radius 2 is 1.81 bits per heavy atom. The van der Waals surface area contributed by atoms with Gasteiger partial charge in [-0.05, 0) is 31.0 Å². The Morgan fingerprint density at radius 3 is 2.59 bits per heavy atom. The van der Waals surface area contributed by atoms with Crippen molar-refractivity contribution in [1.82, 2.24) is 5.32 Å². The van der Waals surface area contributed by atoms with Gasteiger partial charge in [0.15, 0.2) is 0 Å². The second-order valence-electron chi connectivity index (χ2n) is 8.09. The van der Waals surface area contributed by atoms with Crippen LogP contribution >= 0.6 is 0 Å². The standard InChI is InChI=1S/C26H24N2O4/c1-16(17-8-4-3-5-9-17)27-25(29)19-12-13-28(26(19)30)21-15-23-20(14-24(21)31-2)18-10-6-7-11-22(18)32-23/h3-11,14-16,19H,12-13H2,1-2H3,(H,27,29)/t16-,19+/m0/s1. The summed E-state index contributed by atoms with van der Waals surface area (Å²) in [5, 5.41) is 4.90. The van der Waals surface area contributed by atoms with E-state index in [0.717, 1.165) is 21.9 Å². The molecule has 0 saturated carbocycles. The zero-order chi connectivity index (χ0) is 22.2. The van der Waals surface area contributed by atoms with E-state index in [0.29, 0.717) is 30.0 Å². The van der Waals surface area contributed by atoms with Crippen LogP contribution in [0.5, 0.6) is 5.75 Å². The first-order valence-electron chi connectivity index (χ1n) is 10.7. The summed E-state index contributed by atoms with van der Waals surface area (Å²) in [5.41, 5.74) is 3.08. The smallest absolute Gasteiger partial charge is 0.239 e. The number of carbonyl (C=O) groups is 2. The third-order valence-electron chi connectivity index (χ3n) is 6.15. The largest absolute Gasteiger partial charge is 0.495 e. The Labute approximate surface area is 185 Å². The Kier molecular flexibility index (Phi) is 5.05. The van der Waals surface area contributed by atoms with Gasteiger partial charge in [0, 0.05) is 23.4 Å². The summed E-state index contributed by atoms with van der Waals surface area (Å²) in [4.78, 5) is 27.7. The van der Waals surface area contributed by atoms with Crippen molar-refractivity contribution >= 4 is 39.4 Å². The molecule has 0 aliphatic carbocycles. The molecule has 2 heterocycles. The van der Waals surface area contributed by atoms with Crippen molar-refractivity contribution < 1.29 is 18.7 Å². The number of amides is 2. The number of nitrogens with zero attached hydrogens (tertiary/aromatic N) is 1. The normalized spacial score (nSPS) is 17.1. The van der Waals surface area contributed by atoms with Gasteiger partial charge in [-0.25, -0.2) is 0 Å². The van der Waals surface area contributed by atoms with Gasteiger partial charge in [0.2, 0.25) is 11.8 Å². The lowest BCUT2D eigenvalue weighted by Crippen LogP contribution is -2.38. The van der Waals surface area contributed by atoms with Crippen molar-refractivity contribution in [2.45, 2.75) is 19.4 Å². The van der Waals surface area contributed by atoms with Gasteiger partial charge in [0.05, 0.1) is 18.8 Å². The fourth-order valence-electron chi connectivity index (χ4n) is 4.42. The lowest BCUT2D eigenvalue weighted by atomic mass is 10.0. The van der Waals surface area contributed by atoms with E-state index >= 15 is 0 Å². The highest BCUT2D eigenvalue weighted by Gasteiger charge is 2.39. The van der Waals surface area contributed by atoms with Gasteiger partial charge in [-0.2, -0.15) is 0 Å². The third kappa shape index (κ3) is 3.38. The van der Waals surface area contributed by atoms with Gasteiger partial charge >= 0.3 is 0 Å². The van der Waals surface area contributed by atoms with E-state index in [1.54, 1.807) is 12.0 Å². The molecule has 1 aromatic heterocycles. The molecule has 0 unspecified atom stereocenters. The molecule has 32 heavy (non-hydrogen) atoms. The van der Waals surface area contributed by atoms with Crippen LogP contribution in [-0.4, -0.2) is 25.5 Å². The molecule has 0 bridgehead atoms. The van der Waals surface area contributed by atoms with Crippen molar-refractivity contribution in [1.29, 1.82) is 0 Å². The monoisotopic (exact) mass is 428 g/mol. The van der Waals surface area contributed by atoms with Crippen LogP contribution in [0.4, 0.5) is 5.69 Å². The van der Waals surface area contributed by atoms with Crippen LogP contribution in [0, 0.1) is 5.92 Å². The molecular formula is C26H24N2O4. The second-order valence-corrected chi connectivity index (χ2v) is 8.09. The highest BCUT2D eigenvalue weighted by molar-refractivity contribution is 6.12. The first-order valence-corrected chi connectivity index (χ1v) is 10.7. The van der Waals surface area contributed by atoms with E-state index in [1.807, 2.05) is 73.7 Å². The zero-order valence-corrected chi connectivity index (χ0v) is 18.0. The molecule has 1 aliphatic heterocycles. The Hall–Kier alpha value is -3.80. The van der Waals surface area contributed by atoms with Gasteiger partial charge in [0.25, 0.3) is 0 Å². The summed E-state index contributed by atoms with van der Waals surface area (Å²) in [6.07, 6.45) is 0.452. The number of nitrogens with one attached hydrogen (secondary N) is 1. The van der Waals surface area contributed by atoms with E-state index in [2.05, 4.69) is 5.32 Å². The Balaban J connectivity index is 1.41. The van der Waals surface area contributed by atoms with Crippen LogP contribution < -0.4 is 15.0 Å². The molecule has 1 fully saturated rings. The lowest BCUT2D eigenvalue weighted by molar-refractivity contribution is -0.132. The summed E-state index contributed by atoms with van der Waals surface area (Å²) in [6.45, 7) is 2.36. The molecule has 4 aromatic rings. The van der Waals surface area contributed by atoms with E-state index in [-0.39, 0.29) is 17.9 Å². The molecular weight excluding hydrogens is 404 g/mol. The molecule has 2 atom stereocenters. The number of hydrogen-bond donors (Lipinski definition) is 1. The topological polar surface area (TPSA) is 71.8 Å². The molecule has 1 N–H and O–H groups in total. The molecule has 1 aliphatic rings. The van der Waals surface area contributed by atoms with Crippen LogP contribution in [0.1, 0.15) is 24.9 Å². The quantitative estimate of drug-likeness (QED) is 0.463. The number of benzene rings is 3. The first kappa shape index (κ1) is 20.1. The molecule has 0 spiro atoms. The van der Waals surface area contributed by atoms with E-state index in [9.17, 15) is 9.59 Å². The van der Waals surface area contributed by atoms with Gasteiger partial charge in [-0.1, -0.05) is 48.5 Å². The van der Waals surface area contributed by atoms with Crippen molar-refractivity contribution in [3.05, 3.63) is 72.3 Å². The van der Waals surface area contributed by atoms with Crippen LogP contribution in [-0.2, 0) is 9.59 Å². The molecule has 1 saturated heterocycles. The molecule has 6 nitrogen and oxygen atoms in total. The molecule has 2 amide bonds. The van der Waals surface area contributed by atoms with Crippen LogP contribution in [0.25, 0.3) is 21.9 Å². The van der Waals surface area contributed by atoms with Crippen LogP contribution in [0.15, 0.2) is 71.1 Å². The lowest BCUT2D eigenvalue weighted by Gasteiger charge is -2.20. The number of hydrogen-bond acceptors (Lipinski definition) is 4. The van der Waals surface area contributed by atoms with Crippen molar-refractivity contribution in [3.8, 4) is 5.75 Å². The minimum Gasteiger partial charge on any atom is -0.495 e. The number of fused-ring (bicyclic) bond motifs is 3. The number of anilines is 1. The number of carbonyl (C=O) groups excluding carboxylic acids is 2. The van der Waals surface area contributed by atoms with Crippen LogP contribution in [0.3, 0.4) is 0 Å². The van der Waals surface area contributed by atoms with E-state index in [1.165, 1.54) is 0 Å². The van der Waals surface area contributed by atoms with Gasteiger partial charge < -0.3 is 19.4 Å². The Bertz CT molecular complexity index is 1310. The maximum atomic E-state index is 13.2. The predicted octanol–water partition coefficient (Wildman–Crippen LogP) is 4.82. The van der Waals surface area contributed by atoms with Gasteiger partial charge in [-0.15, -0.1) is 0 Å². The van der Waals surface area contributed by atoms with E-state index in [4.69, 9.17) is 9.15 Å². The number of furan rings is 1. The maximum Gasteiger partial charge on any atom is 0.239 e. The molecule has 6 heteroatoms. The number of ether oxygens (including phenoxy) is 1. The Morgan fingerprint density at radius 1 is 1.06 bits per heavy atom. The predicted molar refractivity (Wildman–Crippen MR) is 124 cm³/mol.